The van der Waals surface area contributed by atoms with Gasteiger partial charge in [0.25, 0.3) is 0 Å². The Bertz CT molecular complexity index is 494. The highest BCUT2D eigenvalue weighted by molar-refractivity contribution is 9.10. The summed E-state index contributed by atoms with van der Waals surface area (Å²) in [6, 6.07) is 6.23. The SMILES string of the molecule is Cc1nc(CNc2ccc(Br)cc2C)cs1. The predicted molar refractivity (Wildman–Crippen MR) is 73.1 cm³/mol. The molecule has 0 aliphatic heterocycles. The Kier molecular flexibility index (Phi) is 3.61. The number of rotatable bonds is 3. The van der Waals surface area contributed by atoms with E-state index in [-0.39, 0.29) is 0 Å². The minimum Gasteiger partial charge on any atom is -0.379 e. The molecule has 0 bridgehead atoms. The molecule has 0 atom stereocenters. The smallest absolute Gasteiger partial charge is 0.0898 e. The lowest BCUT2D eigenvalue weighted by atomic mass is 10.2. The molecule has 0 unspecified atom stereocenters. The third kappa shape index (κ3) is 2.83. The van der Waals surface area contributed by atoms with Crippen molar-refractivity contribution in [2.75, 3.05) is 5.32 Å². The van der Waals surface area contributed by atoms with E-state index in [1.54, 1.807) is 11.3 Å². The zero-order valence-electron chi connectivity index (χ0n) is 9.25. The van der Waals surface area contributed by atoms with Gasteiger partial charge in [-0.15, -0.1) is 11.3 Å². The summed E-state index contributed by atoms with van der Waals surface area (Å²) in [4.78, 5) is 4.42. The molecule has 0 saturated carbocycles. The van der Waals surface area contributed by atoms with Crippen LogP contribution >= 0.6 is 27.3 Å². The van der Waals surface area contributed by atoms with Crippen molar-refractivity contribution in [2.24, 2.45) is 0 Å². The molecule has 0 saturated heterocycles. The molecule has 0 radical (unpaired) electrons. The topological polar surface area (TPSA) is 24.9 Å². The van der Waals surface area contributed by atoms with Gasteiger partial charge >= 0.3 is 0 Å². The number of nitrogens with zero attached hydrogens (tertiary/aromatic N) is 1. The molecule has 0 fully saturated rings. The van der Waals surface area contributed by atoms with Gasteiger partial charge in [0.15, 0.2) is 0 Å². The Morgan fingerprint density at radius 3 is 2.81 bits per heavy atom. The van der Waals surface area contributed by atoms with E-state index in [0.29, 0.717) is 0 Å². The molecule has 2 rings (SSSR count). The number of aryl methyl sites for hydroxylation is 2. The maximum Gasteiger partial charge on any atom is 0.0898 e. The van der Waals surface area contributed by atoms with Crippen LogP contribution in [0.25, 0.3) is 0 Å². The second-order valence-electron chi connectivity index (χ2n) is 3.67. The minimum atomic E-state index is 0.785. The number of hydrogen-bond donors (Lipinski definition) is 1. The van der Waals surface area contributed by atoms with Gasteiger partial charge in [0.05, 0.1) is 17.2 Å². The summed E-state index contributed by atoms with van der Waals surface area (Å²) in [5.74, 6) is 0. The van der Waals surface area contributed by atoms with Crippen LogP contribution in [-0.4, -0.2) is 4.98 Å². The van der Waals surface area contributed by atoms with Crippen LogP contribution in [0.1, 0.15) is 16.3 Å². The number of halogens is 1. The average Bonchev–Trinajstić information content (AvgIpc) is 2.63. The second-order valence-corrected chi connectivity index (χ2v) is 5.65. The normalized spacial score (nSPS) is 10.4. The van der Waals surface area contributed by atoms with Gasteiger partial charge in [-0.3, -0.25) is 0 Å². The van der Waals surface area contributed by atoms with Gasteiger partial charge in [0.1, 0.15) is 0 Å². The van der Waals surface area contributed by atoms with Gasteiger partial charge < -0.3 is 5.32 Å². The van der Waals surface area contributed by atoms with Crippen LogP contribution in [-0.2, 0) is 6.54 Å². The highest BCUT2D eigenvalue weighted by atomic mass is 79.9. The summed E-state index contributed by atoms with van der Waals surface area (Å²) < 4.78 is 1.11. The van der Waals surface area contributed by atoms with Crippen molar-refractivity contribution >= 4 is 33.0 Å². The van der Waals surface area contributed by atoms with Crippen LogP contribution in [0.3, 0.4) is 0 Å². The molecule has 16 heavy (non-hydrogen) atoms. The highest BCUT2D eigenvalue weighted by Gasteiger charge is 2.01. The highest BCUT2D eigenvalue weighted by Crippen LogP contribution is 2.20. The minimum absolute atomic E-state index is 0.785. The summed E-state index contributed by atoms with van der Waals surface area (Å²) in [5.41, 5.74) is 3.50. The lowest BCUT2D eigenvalue weighted by Gasteiger charge is -2.08. The quantitative estimate of drug-likeness (QED) is 0.921. The number of anilines is 1. The van der Waals surface area contributed by atoms with Crippen molar-refractivity contribution < 1.29 is 0 Å². The first kappa shape index (κ1) is 11.6. The molecule has 4 heteroatoms. The first-order valence-corrected chi connectivity index (χ1v) is 6.73. The molecular formula is C12H13BrN2S. The fourth-order valence-corrected chi connectivity index (χ4v) is 2.59. The van der Waals surface area contributed by atoms with E-state index >= 15 is 0 Å². The largest absolute Gasteiger partial charge is 0.379 e. The Labute approximate surface area is 108 Å². The van der Waals surface area contributed by atoms with Crippen molar-refractivity contribution in [1.82, 2.24) is 4.98 Å². The predicted octanol–water partition coefficient (Wildman–Crippen LogP) is 4.13. The average molecular weight is 297 g/mol. The summed E-state index contributed by atoms with van der Waals surface area (Å²) in [7, 11) is 0. The molecule has 2 nitrogen and oxygen atoms in total. The van der Waals surface area contributed by atoms with Crippen LogP contribution in [0.2, 0.25) is 0 Å². The van der Waals surface area contributed by atoms with Crippen molar-refractivity contribution in [3.05, 3.63) is 44.3 Å². The summed E-state index contributed by atoms with van der Waals surface area (Å²) in [6.07, 6.45) is 0. The maximum atomic E-state index is 4.42. The number of aromatic nitrogens is 1. The van der Waals surface area contributed by atoms with E-state index in [1.807, 2.05) is 13.0 Å². The fraction of sp³-hybridized carbons (Fsp3) is 0.250. The molecule has 0 amide bonds. The third-order valence-electron chi connectivity index (χ3n) is 2.31. The molecule has 0 spiro atoms. The summed E-state index contributed by atoms with van der Waals surface area (Å²) in [6.45, 7) is 4.91. The zero-order chi connectivity index (χ0) is 11.5. The van der Waals surface area contributed by atoms with Crippen LogP contribution in [0.4, 0.5) is 5.69 Å². The van der Waals surface area contributed by atoms with E-state index < -0.39 is 0 Å². The van der Waals surface area contributed by atoms with Gasteiger partial charge in [-0.1, -0.05) is 15.9 Å². The van der Waals surface area contributed by atoms with Gasteiger partial charge in [-0.05, 0) is 37.6 Å². The summed E-state index contributed by atoms with van der Waals surface area (Å²) in [5, 5.41) is 6.60. The lowest BCUT2D eigenvalue weighted by Crippen LogP contribution is -2.01. The number of hydrogen-bond acceptors (Lipinski definition) is 3. The van der Waals surface area contributed by atoms with E-state index in [0.717, 1.165) is 27.4 Å². The van der Waals surface area contributed by atoms with E-state index in [2.05, 4.69) is 50.7 Å². The molecule has 2 aromatic rings. The van der Waals surface area contributed by atoms with Crippen LogP contribution < -0.4 is 5.32 Å². The van der Waals surface area contributed by atoms with Crippen LogP contribution in [0.5, 0.6) is 0 Å². The standard InChI is InChI=1S/C12H13BrN2S/c1-8-5-10(13)3-4-12(8)14-6-11-7-16-9(2)15-11/h3-5,7,14H,6H2,1-2H3. The molecule has 0 aliphatic rings. The Morgan fingerprint density at radius 2 is 2.19 bits per heavy atom. The Balaban J connectivity index is 2.04. The van der Waals surface area contributed by atoms with Crippen molar-refractivity contribution in [2.45, 2.75) is 20.4 Å². The Hall–Kier alpha value is -0.870. The van der Waals surface area contributed by atoms with Gasteiger partial charge in [0, 0.05) is 15.5 Å². The zero-order valence-corrected chi connectivity index (χ0v) is 11.7. The van der Waals surface area contributed by atoms with E-state index in [4.69, 9.17) is 0 Å². The summed E-state index contributed by atoms with van der Waals surface area (Å²) >= 11 is 5.14. The maximum absolute atomic E-state index is 4.42. The van der Waals surface area contributed by atoms with Crippen LogP contribution in [0, 0.1) is 13.8 Å². The molecule has 1 aromatic carbocycles. The van der Waals surface area contributed by atoms with E-state index in [1.165, 1.54) is 5.56 Å². The molecule has 0 aliphatic carbocycles. The Morgan fingerprint density at radius 1 is 1.38 bits per heavy atom. The van der Waals surface area contributed by atoms with Crippen molar-refractivity contribution in [1.29, 1.82) is 0 Å². The molecule has 1 aromatic heterocycles. The number of nitrogens with one attached hydrogen (secondary N) is 1. The van der Waals surface area contributed by atoms with Crippen LogP contribution in [0.15, 0.2) is 28.1 Å². The van der Waals surface area contributed by atoms with Gasteiger partial charge in [-0.25, -0.2) is 4.98 Å². The molecule has 1 heterocycles. The van der Waals surface area contributed by atoms with E-state index in [9.17, 15) is 0 Å². The van der Waals surface area contributed by atoms with Crippen molar-refractivity contribution in [3.63, 3.8) is 0 Å². The molecule has 1 N–H and O–H groups in total. The van der Waals surface area contributed by atoms with Crippen molar-refractivity contribution in [3.8, 4) is 0 Å². The molecule has 84 valence electrons. The first-order valence-electron chi connectivity index (χ1n) is 5.06. The van der Waals surface area contributed by atoms with Gasteiger partial charge in [-0.2, -0.15) is 0 Å². The fourth-order valence-electron chi connectivity index (χ4n) is 1.50. The number of benzene rings is 1. The monoisotopic (exact) mass is 296 g/mol. The first-order chi connectivity index (χ1) is 7.65. The van der Waals surface area contributed by atoms with Gasteiger partial charge in [0.2, 0.25) is 0 Å². The third-order valence-corrected chi connectivity index (χ3v) is 3.63. The second kappa shape index (κ2) is 4.97. The number of thiazole rings is 1. The lowest BCUT2D eigenvalue weighted by molar-refractivity contribution is 1.05. The molecular weight excluding hydrogens is 284 g/mol.